The number of H-pyrrole nitrogens is 1. The number of nitrogens with zero attached hydrogens (tertiary/aromatic N) is 5. The van der Waals surface area contributed by atoms with Crippen molar-refractivity contribution in [1.29, 1.82) is 0 Å². The number of benzene rings is 1. The number of ether oxygens (including phenoxy) is 1. The predicted molar refractivity (Wildman–Crippen MR) is 109 cm³/mol. The lowest BCUT2D eigenvalue weighted by atomic mass is 10.1. The molecule has 158 valence electrons. The van der Waals surface area contributed by atoms with E-state index in [2.05, 4.69) is 25.5 Å². The van der Waals surface area contributed by atoms with Gasteiger partial charge in [-0.1, -0.05) is 11.6 Å². The summed E-state index contributed by atoms with van der Waals surface area (Å²) >= 11 is 6.41. The van der Waals surface area contributed by atoms with Crippen LogP contribution in [0.2, 0.25) is 5.02 Å². The van der Waals surface area contributed by atoms with Gasteiger partial charge in [0, 0.05) is 24.1 Å². The number of rotatable bonds is 5. The first-order valence-corrected chi connectivity index (χ1v) is 9.65. The van der Waals surface area contributed by atoms with Gasteiger partial charge in [0.15, 0.2) is 23.0 Å². The highest BCUT2D eigenvalue weighted by Crippen LogP contribution is 2.42. The monoisotopic (exact) mass is 443 g/mol. The summed E-state index contributed by atoms with van der Waals surface area (Å²) in [4.78, 5) is 32.2. The van der Waals surface area contributed by atoms with Gasteiger partial charge in [0.05, 0.1) is 42.4 Å². The molecule has 0 saturated carbocycles. The Morgan fingerprint density at radius 1 is 1.39 bits per heavy atom. The maximum atomic E-state index is 15.3. The van der Waals surface area contributed by atoms with Crippen molar-refractivity contribution in [2.75, 3.05) is 18.4 Å². The van der Waals surface area contributed by atoms with Gasteiger partial charge in [0.25, 0.3) is 0 Å². The number of carbonyl (C=O) groups excluding carboxylic acids is 2. The van der Waals surface area contributed by atoms with Crippen LogP contribution >= 0.6 is 11.6 Å². The number of anilines is 1. The number of fused-ring (bicyclic) bond motifs is 2. The number of aromatic amines is 1. The lowest BCUT2D eigenvalue weighted by Crippen LogP contribution is -2.55. The van der Waals surface area contributed by atoms with Crippen LogP contribution in [0, 0.1) is 5.82 Å². The van der Waals surface area contributed by atoms with Crippen molar-refractivity contribution < 1.29 is 18.7 Å². The Balaban J connectivity index is 1.57. The second-order valence-electron chi connectivity index (χ2n) is 7.08. The number of carbonyl (C=O) groups is 2. The molecule has 2 N–H and O–H groups in total. The molecule has 0 radical (unpaired) electrons. The third-order valence-corrected chi connectivity index (χ3v) is 5.48. The Hall–Kier alpha value is -3.73. The predicted octanol–water partition coefficient (Wildman–Crippen LogP) is 2.24. The van der Waals surface area contributed by atoms with Gasteiger partial charge in [-0.25, -0.2) is 9.37 Å². The molecule has 31 heavy (non-hydrogen) atoms. The number of halogens is 2. The molecule has 1 fully saturated rings. The van der Waals surface area contributed by atoms with Gasteiger partial charge >= 0.3 is 0 Å². The van der Waals surface area contributed by atoms with Crippen molar-refractivity contribution >= 4 is 46.3 Å². The van der Waals surface area contributed by atoms with Crippen LogP contribution in [0.1, 0.15) is 6.92 Å². The van der Waals surface area contributed by atoms with Gasteiger partial charge in [-0.15, -0.1) is 0 Å². The zero-order valence-corrected chi connectivity index (χ0v) is 16.9. The standard InChI is InChI=1S/C19H15ClFN7O3/c1-9(30)27-4-10(5-27)31-19-17(21)16(20)15(11-2-24-26-18(11)19)12-6-28-7-13(23-8-29)25-14(28)3-22-12/h2-3,6-8,10H,4-5H2,1H3,(H,23,29)(H,24,26). The summed E-state index contributed by atoms with van der Waals surface area (Å²) < 4.78 is 22.7. The molecule has 1 aliphatic heterocycles. The lowest BCUT2D eigenvalue weighted by molar-refractivity contribution is -0.137. The van der Waals surface area contributed by atoms with E-state index in [1.165, 1.54) is 19.3 Å². The maximum absolute atomic E-state index is 15.3. The summed E-state index contributed by atoms with van der Waals surface area (Å²) in [5, 5.41) is 9.62. The first kappa shape index (κ1) is 19.2. The van der Waals surface area contributed by atoms with Crippen molar-refractivity contribution in [3.63, 3.8) is 0 Å². The van der Waals surface area contributed by atoms with Crippen LogP contribution in [0.3, 0.4) is 0 Å². The molecular formula is C19H15ClFN7O3. The van der Waals surface area contributed by atoms with Crippen LogP contribution in [0.25, 0.3) is 27.8 Å². The van der Waals surface area contributed by atoms with E-state index < -0.39 is 5.82 Å². The Morgan fingerprint density at radius 3 is 2.94 bits per heavy atom. The molecule has 0 bridgehead atoms. The molecule has 1 aromatic carbocycles. The summed E-state index contributed by atoms with van der Waals surface area (Å²) in [7, 11) is 0. The fraction of sp³-hybridized carbons (Fsp3) is 0.211. The van der Waals surface area contributed by atoms with Crippen LogP contribution in [-0.2, 0) is 9.59 Å². The Bertz CT molecular complexity index is 1350. The van der Waals surface area contributed by atoms with E-state index in [1.54, 1.807) is 21.7 Å². The van der Waals surface area contributed by atoms with Gasteiger partial charge in [0.1, 0.15) is 11.6 Å². The van der Waals surface area contributed by atoms with Crippen LogP contribution in [0.4, 0.5) is 10.2 Å². The van der Waals surface area contributed by atoms with E-state index in [-0.39, 0.29) is 22.8 Å². The molecular weight excluding hydrogens is 429 g/mol. The quantitative estimate of drug-likeness (QED) is 0.457. The minimum atomic E-state index is -0.745. The van der Waals surface area contributed by atoms with Gasteiger partial charge in [0.2, 0.25) is 12.3 Å². The molecule has 0 spiro atoms. The van der Waals surface area contributed by atoms with Gasteiger partial charge in [-0.3, -0.25) is 19.7 Å². The molecule has 0 atom stereocenters. The van der Waals surface area contributed by atoms with Crippen molar-refractivity contribution in [3.8, 4) is 17.0 Å². The van der Waals surface area contributed by atoms with Crippen LogP contribution in [-0.4, -0.2) is 61.0 Å². The molecule has 4 heterocycles. The average Bonchev–Trinajstić information content (AvgIpc) is 3.33. The molecule has 3 aromatic heterocycles. The first-order chi connectivity index (χ1) is 15.0. The molecule has 1 aliphatic rings. The van der Waals surface area contributed by atoms with Gasteiger partial charge in [-0.2, -0.15) is 5.10 Å². The normalized spacial score (nSPS) is 14.1. The molecule has 0 aliphatic carbocycles. The zero-order chi connectivity index (χ0) is 21.7. The highest BCUT2D eigenvalue weighted by Gasteiger charge is 2.33. The number of hydrogen-bond acceptors (Lipinski definition) is 6. The molecule has 12 heteroatoms. The summed E-state index contributed by atoms with van der Waals surface area (Å²) in [5.74, 6) is -0.502. The van der Waals surface area contributed by atoms with Gasteiger partial charge < -0.3 is 19.4 Å². The number of likely N-dealkylation sites (tertiary alicyclic amines) is 1. The fourth-order valence-electron chi connectivity index (χ4n) is 3.54. The number of hydrogen-bond donors (Lipinski definition) is 2. The minimum Gasteiger partial charge on any atom is -0.481 e. The summed E-state index contributed by atoms with van der Waals surface area (Å²) in [6, 6.07) is 0. The molecule has 1 saturated heterocycles. The minimum absolute atomic E-state index is 0.0457. The number of nitrogens with one attached hydrogen (secondary N) is 2. The smallest absolute Gasteiger partial charge is 0.219 e. The Morgan fingerprint density at radius 2 is 2.19 bits per heavy atom. The second-order valence-corrected chi connectivity index (χ2v) is 7.46. The Kier molecular flexibility index (Phi) is 4.47. The third-order valence-electron chi connectivity index (χ3n) is 5.13. The highest BCUT2D eigenvalue weighted by atomic mass is 35.5. The van der Waals surface area contributed by atoms with E-state index in [1.807, 2.05) is 0 Å². The topological polar surface area (TPSA) is 118 Å². The number of imidazole rings is 1. The van der Waals surface area contributed by atoms with E-state index >= 15 is 4.39 Å². The van der Waals surface area contributed by atoms with E-state index in [0.29, 0.717) is 53.1 Å². The van der Waals surface area contributed by atoms with E-state index in [4.69, 9.17) is 16.3 Å². The van der Waals surface area contributed by atoms with Crippen LogP contribution in [0.5, 0.6) is 5.75 Å². The average molecular weight is 444 g/mol. The zero-order valence-electron chi connectivity index (χ0n) is 16.1. The molecule has 2 amide bonds. The molecule has 4 aromatic rings. The van der Waals surface area contributed by atoms with Gasteiger partial charge in [-0.05, 0) is 0 Å². The third kappa shape index (κ3) is 3.13. The largest absolute Gasteiger partial charge is 0.481 e. The SMILES string of the molecule is CC(=O)N1CC(Oc2c(F)c(Cl)c(-c3cn4cc(NC=O)nc4cn3)c3cn[nH]c23)C1. The fourth-order valence-corrected chi connectivity index (χ4v) is 3.83. The molecule has 10 nitrogen and oxygen atoms in total. The second kappa shape index (κ2) is 7.20. The van der Waals surface area contributed by atoms with Crippen molar-refractivity contribution in [2.45, 2.75) is 13.0 Å². The number of aromatic nitrogens is 5. The maximum Gasteiger partial charge on any atom is 0.219 e. The van der Waals surface area contributed by atoms with Crippen molar-refractivity contribution in [1.82, 2.24) is 29.5 Å². The molecule has 5 rings (SSSR count). The highest BCUT2D eigenvalue weighted by molar-refractivity contribution is 6.35. The van der Waals surface area contributed by atoms with Crippen LogP contribution in [0.15, 0.2) is 24.8 Å². The van der Waals surface area contributed by atoms with Crippen molar-refractivity contribution in [2.24, 2.45) is 0 Å². The van der Waals surface area contributed by atoms with E-state index in [0.717, 1.165) is 0 Å². The first-order valence-electron chi connectivity index (χ1n) is 9.27. The summed E-state index contributed by atoms with van der Waals surface area (Å²) in [6.07, 6.45) is 6.42. The summed E-state index contributed by atoms with van der Waals surface area (Å²) in [5.41, 5.74) is 1.56. The van der Waals surface area contributed by atoms with Crippen LogP contribution < -0.4 is 10.1 Å². The van der Waals surface area contributed by atoms with Crippen molar-refractivity contribution in [3.05, 3.63) is 35.6 Å². The van der Waals surface area contributed by atoms with E-state index in [9.17, 15) is 9.59 Å². The number of amides is 2. The lowest BCUT2D eigenvalue weighted by Gasteiger charge is -2.38. The summed E-state index contributed by atoms with van der Waals surface area (Å²) in [6.45, 7) is 2.22. The molecule has 0 unspecified atom stereocenters. The Labute approximate surface area is 179 Å².